The quantitative estimate of drug-likeness (QED) is 0.479. The lowest BCUT2D eigenvalue weighted by Gasteiger charge is -2.21. The number of carbonyl (C=O) groups excluding carboxylic acids is 3. The highest BCUT2D eigenvalue weighted by Crippen LogP contribution is 2.14. The molecule has 0 aliphatic heterocycles. The van der Waals surface area contributed by atoms with E-state index in [-0.39, 0.29) is 25.0 Å². The van der Waals surface area contributed by atoms with Gasteiger partial charge in [0.1, 0.15) is 23.7 Å². The molecule has 2 aromatic carbocycles. The van der Waals surface area contributed by atoms with Crippen LogP contribution < -0.4 is 10.6 Å². The second-order valence-electron chi connectivity index (χ2n) is 7.31. The molecule has 0 spiro atoms. The summed E-state index contributed by atoms with van der Waals surface area (Å²) in [7, 11) is 0. The number of nitrogens with one attached hydrogen (secondary N) is 2. The van der Waals surface area contributed by atoms with Gasteiger partial charge in [-0.05, 0) is 48.7 Å². The molecule has 2 aromatic rings. The smallest absolute Gasteiger partial charge is 0.328 e. The van der Waals surface area contributed by atoms with E-state index in [1.165, 1.54) is 6.92 Å². The third-order valence-corrected chi connectivity index (χ3v) is 4.93. The van der Waals surface area contributed by atoms with Crippen molar-refractivity contribution in [3.05, 3.63) is 69.7 Å². The molecule has 0 bridgehead atoms. The number of esters is 1. The van der Waals surface area contributed by atoms with Crippen molar-refractivity contribution in [3.63, 3.8) is 0 Å². The molecule has 2 amide bonds. The average Bonchev–Trinajstić information content (AvgIpc) is 2.70. The maximum atomic E-state index is 13.3. The van der Waals surface area contributed by atoms with Crippen LogP contribution in [0.4, 0.5) is 8.78 Å². The maximum Gasteiger partial charge on any atom is 0.328 e. The number of hydrogen-bond acceptors (Lipinski definition) is 4. The summed E-state index contributed by atoms with van der Waals surface area (Å²) >= 11 is 3.37. The summed E-state index contributed by atoms with van der Waals surface area (Å²) in [6.07, 6.45) is 0.541. The van der Waals surface area contributed by atoms with Crippen molar-refractivity contribution in [1.82, 2.24) is 10.6 Å². The van der Waals surface area contributed by atoms with Crippen molar-refractivity contribution in [3.8, 4) is 0 Å². The summed E-state index contributed by atoms with van der Waals surface area (Å²) in [5.41, 5.74) is 0.950. The van der Waals surface area contributed by atoms with Crippen LogP contribution in [0, 0.1) is 11.6 Å². The highest BCUT2D eigenvalue weighted by atomic mass is 79.9. The predicted molar refractivity (Wildman–Crippen MR) is 119 cm³/mol. The van der Waals surface area contributed by atoms with Crippen LogP contribution in [0.2, 0.25) is 0 Å². The molecule has 0 radical (unpaired) electrons. The van der Waals surface area contributed by atoms with Gasteiger partial charge in [0.15, 0.2) is 0 Å². The molecular formula is C23H25BrF2N2O4. The van der Waals surface area contributed by atoms with E-state index in [4.69, 9.17) is 4.74 Å². The van der Waals surface area contributed by atoms with Gasteiger partial charge in [0.25, 0.3) is 0 Å². The summed E-state index contributed by atoms with van der Waals surface area (Å²) < 4.78 is 32.6. The number of rotatable bonds is 10. The third-order valence-electron chi connectivity index (χ3n) is 4.44. The first kappa shape index (κ1) is 25.5. The minimum atomic E-state index is -0.982. The van der Waals surface area contributed by atoms with Gasteiger partial charge in [0, 0.05) is 17.0 Å². The Morgan fingerprint density at radius 3 is 2.34 bits per heavy atom. The zero-order valence-corrected chi connectivity index (χ0v) is 19.4. The molecule has 0 unspecified atom stereocenters. The highest BCUT2D eigenvalue weighted by Gasteiger charge is 2.26. The Labute approximate surface area is 193 Å². The fourth-order valence-corrected chi connectivity index (χ4v) is 3.40. The Kier molecular flexibility index (Phi) is 9.77. The number of hydrogen-bond donors (Lipinski definition) is 2. The van der Waals surface area contributed by atoms with Gasteiger partial charge in [0.05, 0.1) is 13.0 Å². The highest BCUT2D eigenvalue weighted by molar-refractivity contribution is 9.10. The van der Waals surface area contributed by atoms with E-state index in [9.17, 15) is 23.2 Å². The summed E-state index contributed by atoms with van der Waals surface area (Å²) in [4.78, 5) is 37.3. The van der Waals surface area contributed by atoms with Crippen LogP contribution in [-0.4, -0.2) is 36.5 Å². The predicted octanol–water partition coefficient (Wildman–Crippen LogP) is 3.46. The van der Waals surface area contributed by atoms with E-state index in [1.54, 1.807) is 0 Å². The number of benzene rings is 2. The van der Waals surface area contributed by atoms with Crippen molar-refractivity contribution >= 4 is 33.7 Å². The van der Waals surface area contributed by atoms with E-state index >= 15 is 0 Å². The van der Waals surface area contributed by atoms with Gasteiger partial charge < -0.3 is 15.4 Å². The van der Waals surface area contributed by atoms with Crippen molar-refractivity contribution < 1.29 is 27.9 Å². The van der Waals surface area contributed by atoms with Crippen LogP contribution in [0.15, 0.2) is 46.9 Å². The van der Waals surface area contributed by atoms with Crippen LogP contribution in [0.5, 0.6) is 0 Å². The number of carbonyl (C=O) groups is 3. The zero-order valence-electron chi connectivity index (χ0n) is 17.8. The van der Waals surface area contributed by atoms with Gasteiger partial charge in [-0.25, -0.2) is 13.6 Å². The Bertz CT molecular complexity index is 951. The lowest BCUT2D eigenvalue weighted by molar-refractivity contribution is -0.148. The van der Waals surface area contributed by atoms with Gasteiger partial charge in [0.2, 0.25) is 11.8 Å². The van der Waals surface area contributed by atoms with Crippen molar-refractivity contribution in [2.45, 2.75) is 45.2 Å². The largest absolute Gasteiger partial charge is 0.464 e. The minimum absolute atomic E-state index is 0.142. The van der Waals surface area contributed by atoms with Crippen molar-refractivity contribution in [2.24, 2.45) is 0 Å². The molecule has 0 aliphatic rings. The lowest BCUT2D eigenvalue weighted by atomic mass is 10.1. The first-order valence-corrected chi connectivity index (χ1v) is 10.9. The monoisotopic (exact) mass is 510 g/mol. The molecule has 0 saturated heterocycles. The van der Waals surface area contributed by atoms with E-state index in [0.717, 1.165) is 22.2 Å². The van der Waals surface area contributed by atoms with Gasteiger partial charge in [-0.15, -0.1) is 0 Å². The molecule has 2 rings (SSSR count). The topological polar surface area (TPSA) is 84.5 Å². The van der Waals surface area contributed by atoms with E-state index in [1.807, 2.05) is 31.2 Å². The minimum Gasteiger partial charge on any atom is -0.464 e. The summed E-state index contributed by atoms with van der Waals surface area (Å²) in [6.45, 7) is 3.53. The van der Waals surface area contributed by atoms with Crippen molar-refractivity contribution in [1.29, 1.82) is 0 Å². The van der Waals surface area contributed by atoms with Crippen molar-refractivity contribution in [2.75, 3.05) is 6.61 Å². The fraction of sp³-hybridized carbons (Fsp3) is 0.348. The van der Waals surface area contributed by atoms with E-state index in [0.29, 0.717) is 12.5 Å². The summed E-state index contributed by atoms with van der Waals surface area (Å²) in [5.74, 6) is -3.33. The lowest BCUT2D eigenvalue weighted by Crippen LogP contribution is -2.51. The SMILES string of the molecule is CCCOC(=O)[C@H](Cc1cccc(Br)c1)NC(=O)[C@H](C)NC(=O)Cc1cc(F)cc(F)c1. The molecule has 0 aliphatic carbocycles. The second kappa shape index (κ2) is 12.3. The standard InChI is InChI=1S/C23H25BrF2N2O4/c1-3-7-32-23(31)20(11-15-5-4-6-17(24)8-15)28-22(30)14(2)27-21(29)12-16-9-18(25)13-19(26)10-16/h4-6,8-10,13-14,20H,3,7,11-12H2,1-2H3,(H,27,29)(H,28,30)/t14-,20-/m0/s1. The van der Waals surface area contributed by atoms with Gasteiger partial charge in [-0.3, -0.25) is 9.59 Å². The van der Waals surface area contributed by atoms with Crippen LogP contribution >= 0.6 is 15.9 Å². The Morgan fingerprint density at radius 1 is 1.03 bits per heavy atom. The average molecular weight is 511 g/mol. The molecule has 0 saturated carbocycles. The molecule has 2 N–H and O–H groups in total. The fourth-order valence-electron chi connectivity index (χ4n) is 2.95. The number of halogens is 3. The second-order valence-corrected chi connectivity index (χ2v) is 8.22. The molecule has 6 nitrogen and oxygen atoms in total. The van der Waals surface area contributed by atoms with Crippen LogP contribution in [0.3, 0.4) is 0 Å². The van der Waals surface area contributed by atoms with Crippen LogP contribution in [-0.2, 0) is 32.0 Å². The first-order chi connectivity index (χ1) is 15.2. The molecule has 0 fully saturated rings. The molecule has 0 aromatic heterocycles. The van der Waals surface area contributed by atoms with Crippen LogP contribution in [0.25, 0.3) is 0 Å². The Morgan fingerprint density at radius 2 is 1.72 bits per heavy atom. The number of ether oxygens (including phenoxy) is 1. The third kappa shape index (κ3) is 8.37. The first-order valence-electron chi connectivity index (χ1n) is 10.1. The normalized spacial score (nSPS) is 12.5. The Balaban J connectivity index is 2.01. The molecular weight excluding hydrogens is 486 g/mol. The van der Waals surface area contributed by atoms with Gasteiger partial charge in [-0.2, -0.15) is 0 Å². The molecule has 32 heavy (non-hydrogen) atoms. The molecule has 0 heterocycles. The van der Waals surface area contributed by atoms with Gasteiger partial charge in [-0.1, -0.05) is 35.0 Å². The zero-order chi connectivity index (χ0) is 23.7. The van der Waals surface area contributed by atoms with Gasteiger partial charge >= 0.3 is 5.97 Å². The van der Waals surface area contributed by atoms with E-state index < -0.39 is 41.5 Å². The molecule has 9 heteroatoms. The summed E-state index contributed by atoms with van der Waals surface area (Å²) in [5, 5.41) is 5.09. The summed E-state index contributed by atoms with van der Waals surface area (Å²) in [6, 6.07) is 8.18. The number of amides is 2. The maximum absolute atomic E-state index is 13.3. The molecule has 172 valence electrons. The molecule has 2 atom stereocenters. The van der Waals surface area contributed by atoms with Crippen LogP contribution in [0.1, 0.15) is 31.4 Å². The Hall–Kier alpha value is -2.81. The van der Waals surface area contributed by atoms with E-state index in [2.05, 4.69) is 26.6 Å².